The molecule has 2 bridgehead atoms. The van der Waals surface area contributed by atoms with E-state index in [4.69, 9.17) is 4.74 Å². The summed E-state index contributed by atoms with van der Waals surface area (Å²) >= 11 is 0. The van der Waals surface area contributed by atoms with Gasteiger partial charge < -0.3 is 14.7 Å². The van der Waals surface area contributed by atoms with Gasteiger partial charge in [-0.1, -0.05) is 6.07 Å². The van der Waals surface area contributed by atoms with Crippen molar-refractivity contribution in [2.24, 2.45) is 0 Å². The Labute approximate surface area is 153 Å². The summed E-state index contributed by atoms with van der Waals surface area (Å²) in [4.78, 5) is 14.3. The molecule has 6 heteroatoms. The molecule has 144 valence electrons. The van der Waals surface area contributed by atoms with Crippen LogP contribution in [0.15, 0.2) is 18.2 Å². The third-order valence-corrected chi connectivity index (χ3v) is 5.26. The first-order chi connectivity index (χ1) is 12.1. The van der Waals surface area contributed by atoms with Crippen LogP contribution in [-0.4, -0.2) is 39.4 Å². The number of nitrogens with zero attached hydrogens (tertiary/aromatic N) is 1. The van der Waals surface area contributed by atoms with Crippen LogP contribution in [0.25, 0.3) is 0 Å². The highest BCUT2D eigenvalue weighted by atomic mass is 19.1. The molecular formula is C20H27F2NO3. The molecule has 0 aromatic heterocycles. The highest BCUT2D eigenvalue weighted by Crippen LogP contribution is 2.41. The van der Waals surface area contributed by atoms with Gasteiger partial charge in [-0.2, -0.15) is 0 Å². The summed E-state index contributed by atoms with van der Waals surface area (Å²) in [5, 5.41) is 11.1. The lowest BCUT2D eigenvalue weighted by atomic mass is 9.73. The Bertz CT molecular complexity index is 652. The predicted molar refractivity (Wildman–Crippen MR) is 93.7 cm³/mol. The van der Waals surface area contributed by atoms with Crippen LogP contribution in [0.3, 0.4) is 0 Å². The van der Waals surface area contributed by atoms with Gasteiger partial charge in [0.1, 0.15) is 17.2 Å². The first kappa shape index (κ1) is 19.1. The maximum atomic E-state index is 14.0. The van der Waals surface area contributed by atoms with E-state index in [1.165, 1.54) is 18.2 Å². The molecule has 1 amide bonds. The van der Waals surface area contributed by atoms with Crippen LogP contribution in [0.2, 0.25) is 0 Å². The maximum Gasteiger partial charge on any atom is 0.410 e. The van der Waals surface area contributed by atoms with Crippen molar-refractivity contribution < 1.29 is 23.4 Å². The number of carbonyl (C=O) groups excluding carboxylic acids is 1. The summed E-state index contributed by atoms with van der Waals surface area (Å²) in [6.45, 7) is 5.46. The number of ether oxygens (including phenoxy) is 1. The fourth-order valence-corrected chi connectivity index (χ4v) is 4.31. The zero-order valence-electron chi connectivity index (χ0n) is 15.6. The zero-order valence-corrected chi connectivity index (χ0v) is 15.6. The van der Waals surface area contributed by atoms with Gasteiger partial charge in [0, 0.05) is 24.1 Å². The molecular weight excluding hydrogens is 340 g/mol. The molecule has 2 heterocycles. The first-order valence-electron chi connectivity index (χ1n) is 9.25. The van der Waals surface area contributed by atoms with Crippen LogP contribution in [0.4, 0.5) is 13.6 Å². The molecule has 2 aliphatic rings. The number of piperidine rings is 2. The number of hydrogen-bond acceptors (Lipinski definition) is 3. The maximum absolute atomic E-state index is 14.0. The Morgan fingerprint density at radius 2 is 1.77 bits per heavy atom. The van der Waals surface area contributed by atoms with Crippen LogP contribution in [0.1, 0.15) is 58.4 Å². The summed E-state index contributed by atoms with van der Waals surface area (Å²) in [7, 11) is 0. The molecule has 1 aromatic carbocycles. The largest absolute Gasteiger partial charge is 0.444 e. The molecule has 2 unspecified atom stereocenters. The number of halogens is 2. The summed E-state index contributed by atoms with van der Waals surface area (Å²) in [6, 6.07) is 3.39. The molecule has 2 fully saturated rings. The molecule has 26 heavy (non-hydrogen) atoms. The summed E-state index contributed by atoms with van der Waals surface area (Å²) in [5.74, 6) is -1.28. The predicted octanol–water partition coefficient (Wildman–Crippen LogP) is 4.19. The minimum Gasteiger partial charge on any atom is -0.444 e. The average molecular weight is 367 g/mol. The second-order valence-corrected chi connectivity index (χ2v) is 8.64. The molecule has 4 nitrogen and oxygen atoms in total. The normalized spacial score (nSPS) is 28.8. The van der Waals surface area contributed by atoms with Gasteiger partial charge in [0.05, 0.1) is 5.60 Å². The summed E-state index contributed by atoms with van der Waals surface area (Å²) < 4.78 is 33.6. The lowest BCUT2D eigenvalue weighted by Gasteiger charge is -2.51. The number of amides is 1. The van der Waals surface area contributed by atoms with Crippen LogP contribution < -0.4 is 0 Å². The second-order valence-electron chi connectivity index (χ2n) is 8.64. The molecule has 3 rings (SSSR count). The van der Waals surface area contributed by atoms with E-state index in [1.54, 1.807) is 4.90 Å². The molecule has 0 radical (unpaired) electrons. The van der Waals surface area contributed by atoms with Gasteiger partial charge in [-0.15, -0.1) is 0 Å². The number of rotatable bonds is 2. The minimum atomic E-state index is -1.22. The highest BCUT2D eigenvalue weighted by Gasteiger charge is 2.48. The van der Waals surface area contributed by atoms with E-state index in [1.807, 2.05) is 20.8 Å². The van der Waals surface area contributed by atoms with Crippen molar-refractivity contribution >= 4 is 6.09 Å². The van der Waals surface area contributed by atoms with Crippen molar-refractivity contribution in [1.82, 2.24) is 4.90 Å². The van der Waals surface area contributed by atoms with Crippen LogP contribution >= 0.6 is 0 Å². The Morgan fingerprint density at radius 1 is 1.23 bits per heavy atom. The summed E-state index contributed by atoms with van der Waals surface area (Å²) in [5.41, 5.74) is -1.90. The van der Waals surface area contributed by atoms with E-state index in [0.717, 1.165) is 19.3 Å². The minimum absolute atomic E-state index is 0.0827. The molecule has 1 N–H and O–H groups in total. The van der Waals surface area contributed by atoms with Crippen LogP contribution in [-0.2, 0) is 11.2 Å². The zero-order chi connectivity index (χ0) is 19.1. The van der Waals surface area contributed by atoms with Crippen molar-refractivity contribution in [2.45, 2.75) is 82.6 Å². The number of hydrogen-bond donors (Lipinski definition) is 1. The van der Waals surface area contributed by atoms with Crippen molar-refractivity contribution in [3.63, 3.8) is 0 Å². The molecule has 1 aromatic rings. The quantitative estimate of drug-likeness (QED) is 0.853. The van der Waals surface area contributed by atoms with Gasteiger partial charge in [-0.25, -0.2) is 13.6 Å². The number of fused-ring (bicyclic) bond motifs is 2. The third-order valence-electron chi connectivity index (χ3n) is 5.26. The van der Waals surface area contributed by atoms with E-state index >= 15 is 0 Å². The fourth-order valence-electron chi connectivity index (χ4n) is 4.31. The van der Waals surface area contributed by atoms with Gasteiger partial charge in [0.2, 0.25) is 0 Å². The van der Waals surface area contributed by atoms with Crippen LogP contribution in [0.5, 0.6) is 0 Å². The van der Waals surface area contributed by atoms with Crippen LogP contribution in [0, 0.1) is 11.6 Å². The SMILES string of the molecule is CC(C)(C)OC(=O)N1C2CCCC1CC(O)(Cc1c(F)cccc1F)C2. The van der Waals surface area contributed by atoms with Gasteiger partial charge in [0.25, 0.3) is 0 Å². The summed E-state index contributed by atoms with van der Waals surface area (Å²) in [6.07, 6.45) is 2.65. The lowest BCUT2D eigenvalue weighted by Crippen LogP contribution is -2.61. The molecule has 0 saturated carbocycles. The van der Waals surface area contributed by atoms with E-state index < -0.39 is 22.8 Å². The van der Waals surface area contributed by atoms with E-state index in [2.05, 4.69) is 0 Å². The highest BCUT2D eigenvalue weighted by molar-refractivity contribution is 5.69. The van der Waals surface area contributed by atoms with Gasteiger partial charge in [-0.05, 0) is 65.0 Å². The fraction of sp³-hybridized carbons (Fsp3) is 0.650. The van der Waals surface area contributed by atoms with Crippen molar-refractivity contribution in [1.29, 1.82) is 0 Å². The van der Waals surface area contributed by atoms with Crippen molar-refractivity contribution in [2.75, 3.05) is 0 Å². The van der Waals surface area contributed by atoms with E-state index in [9.17, 15) is 18.7 Å². The number of aliphatic hydroxyl groups is 1. The van der Waals surface area contributed by atoms with E-state index in [0.29, 0.717) is 12.8 Å². The lowest BCUT2D eigenvalue weighted by molar-refractivity contribution is -0.0925. The van der Waals surface area contributed by atoms with E-state index in [-0.39, 0.29) is 30.2 Å². The number of benzene rings is 1. The molecule has 2 atom stereocenters. The smallest absolute Gasteiger partial charge is 0.410 e. The third kappa shape index (κ3) is 4.00. The van der Waals surface area contributed by atoms with Gasteiger partial charge in [-0.3, -0.25) is 0 Å². The Morgan fingerprint density at radius 3 is 2.27 bits per heavy atom. The Balaban J connectivity index is 1.79. The van der Waals surface area contributed by atoms with Crippen molar-refractivity contribution in [3.8, 4) is 0 Å². The number of carbonyl (C=O) groups is 1. The van der Waals surface area contributed by atoms with Crippen molar-refractivity contribution in [3.05, 3.63) is 35.4 Å². The van der Waals surface area contributed by atoms with Gasteiger partial charge in [0.15, 0.2) is 0 Å². The standard InChI is InChI=1S/C20H27F2NO3/c1-19(2,3)26-18(24)23-13-6-4-7-14(23)11-20(25,10-13)12-15-16(21)8-5-9-17(15)22/h5,8-9,13-14,25H,4,6-7,10-12H2,1-3H3. The Hall–Kier alpha value is -1.69. The van der Waals surface area contributed by atoms with Gasteiger partial charge >= 0.3 is 6.09 Å². The molecule has 2 aliphatic heterocycles. The topological polar surface area (TPSA) is 49.8 Å². The average Bonchev–Trinajstić information content (AvgIpc) is 2.48. The Kier molecular flexibility index (Phi) is 4.99. The monoisotopic (exact) mass is 367 g/mol. The second kappa shape index (κ2) is 6.80. The molecule has 0 spiro atoms. The first-order valence-corrected chi connectivity index (χ1v) is 9.25. The molecule has 0 aliphatic carbocycles. The molecule has 2 saturated heterocycles.